The largest absolute Gasteiger partial charge is 0.326 e. The number of anilines is 2. The number of nitrogens with one attached hydrogen (secondary N) is 2. The highest BCUT2D eigenvalue weighted by Gasteiger charge is 2.06. The molecule has 27 heavy (non-hydrogen) atoms. The van der Waals surface area contributed by atoms with Gasteiger partial charge >= 0.3 is 0 Å². The second-order valence-corrected chi connectivity index (χ2v) is 7.27. The van der Waals surface area contributed by atoms with E-state index in [9.17, 15) is 9.59 Å². The van der Waals surface area contributed by atoms with Crippen LogP contribution in [0, 0.1) is 0 Å². The first-order valence-corrected chi connectivity index (χ1v) is 9.94. The number of hydrogen-bond acceptors (Lipinski definition) is 3. The fraction of sp³-hybridized carbons (Fsp3) is 0.182. The summed E-state index contributed by atoms with van der Waals surface area (Å²) in [5, 5.41) is 8.04. The molecule has 4 nitrogen and oxygen atoms in total. The molecule has 2 amide bonds. The van der Waals surface area contributed by atoms with Crippen molar-refractivity contribution < 1.29 is 9.59 Å². The highest BCUT2D eigenvalue weighted by molar-refractivity contribution is 8.00. The van der Waals surface area contributed by atoms with E-state index in [4.69, 9.17) is 0 Å². The van der Waals surface area contributed by atoms with Crippen LogP contribution in [0.15, 0.2) is 71.6 Å². The van der Waals surface area contributed by atoms with Gasteiger partial charge in [-0.2, -0.15) is 0 Å². The van der Waals surface area contributed by atoms with E-state index in [0.717, 1.165) is 33.5 Å². The molecule has 3 rings (SSSR count). The molecule has 0 radical (unpaired) electrons. The van der Waals surface area contributed by atoms with Crippen LogP contribution in [-0.4, -0.2) is 17.6 Å². The minimum absolute atomic E-state index is 0.0210. The molecular weight excluding hydrogens is 356 g/mol. The number of fused-ring (bicyclic) bond motifs is 1. The third-order valence-electron chi connectivity index (χ3n) is 4.02. The van der Waals surface area contributed by atoms with E-state index in [1.807, 2.05) is 73.7 Å². The van der Waals surface area contributed by atoms with Gasteiger partial charge in [0, 0.05) is 22.7 Å². The van der Waals surface area contributed by atoms with Crippen LogP contribution < -0.4 is 10.6 Å². The van der Waals surface area contributed by atoms with Gasteiger partial charge in [-0.05, 0) is 53.6 Å². The van der Waals surface area contributed by atoms with Gasteiger partial charge in [0.1, 0.15) is 0 Å². The Morgan fingerprint density at radius 1 is 0.815 bits per heavy atom. The summed E-state index contributed by atoms with van der Waals surface area (Å²) < 4.78 is 0. The highest BCUT2D eigenvalue weighted by Crippen LogP contribution is 2.22. The van der Waals surface area contributed by atoms with E-state index in [1.165, 1.54) is 11.8 Å². The van der Waals surface area contributed by atoms with E-state index >= 15 is 0 Å². The Morgan fingerprint density at radius 3 is 2.22 bits per heavy atom. The van der Waals surface area contributed by atoms with Gasteiger partial charge in [-0.15, -0.1) is 11.8 Å². The molecule has 3 aromatic rings. The molecule has 0 aliphatic carbocycles. The van der Waals surface area contributed by atoms with E-state index in [-0.39, 0.29) is 11.8 Å². The van der Waals surface area contributed by atoms with Crippen molar-refractivity contribution in [2.75, 3.05) is 16.4 Å². The Kier molecular flexibility index (Phi) is 6.49. The first-order chi connectivity index (χ1) is 13.1. The summed E-state index contributed by atoms with van der Waals surface area (Å²) in [6, 6.07) is 21.5. The topological polar surface area (TPSA) is 58.2 Å². The molecular formula is C22H22N2O2S. The Hall–Kier alpha value is -2.79. The van der Waals surface area contributed by atoms with Gasteiger partial charge in [-0.25, -0.2) is 0 Å². The van der Waals surface area contributed by atoms with Crippen LogP contribution in [0.5, 0.6) is 0 Å². The lowest BCUT2D eigenvalue weighted by Crippen LogP contribution is -2.13. The normalized spacial score (nSPS) is 10.6. The summed E-state index contributed by atoms with van der Waals surface area (Å²) in [4.78, 5) is 24.8. The SMILES string of the molecule is CCCC(=O)Nc1ccc(SCC(=O)Nc2ccc3ccccc3c2)cc1. The zero-order valence-electron chi connectivity index (χ0n) is 15.2. The van der Waals surface area contributed by atoms with Crippen LogP contribution >= 0.6 is 11.8 Å². The first kappa shape index (κ1) is 19.0. The Morgan fingerprint density at radius 2 is 1.48 bits per heavy atom. The van der Waals surface area contributed by atoms with Crippen molar-refractivity contribution in [3.63, 3.8) is 0 Å². The van der Waals surface area contributed by atoms with Crippen molar-refractivity contribution >= 4 is 45.7 Å². The first-order valence-electron chi connectivity index (χ1n) is 8.95. The van der Waals surface area contributed by atoms with Crippen molar-refractivity contribution in [1.29, 1.82) is 0 Å². The Bertz CT molecular complexity index is 938. The summed E-state index contributed by atoms with van der Waals surface area (Å²) in [6.45, 7) is 1.97. The molecule has 0 spiro atoms. The molecule has 5 heteroatoms. The van der Waals surface area contributed by atoms with Crippen molar-refractivity contribution in [2.45, 2.75) is 24.7 Å². The maximum Gasteiger partial charge on any atom is 0.234 e. The molecule has 0 heterocycles. The fourth-order valence-electron chi connectivity index (χ4n) is 2.70. The van der Waals surface area contributed by atoms with Gasteiger partial charge in [0.05, 0.1) is 5.75 Å². The quantitative estimate of drug-likeness (QED) is 0.548. The van der Waals surface area contributed by atoms with Gasteiger partial charge in [-0.3, -0.25) is 9.59 Å². The van der Waals surface area contributed by atoms with Crippen molar-refractivity contribution in [2.24, 2.45) is 0 Å². The molecule has 0 saturated heterocycles. The number of rotatable bonds is 7. The molecule has 0 fully saturated rings. The fourth-order valence-corrected chi connectivity index (χ4v) is 3.40. The molecule has 0 aliphatic rings. The van der Waals surface area contributed by atoms with Gasteiger partial charge < -0.3 is 10.6 Å². The lowest BCUT2D eigenvalue weighted by atomic mass is 10.1. The second-order valence-electron chi connectivity index (χ2n) is 6.22. The molecule has 2 N–H and O–H groups in total. The minimum Gasteiger partial charge on any atom is -0.326 e. The maximum absolute atomic E-state index is 12.2. The predicted molar refractivity (Wildman–Crippen MR) is 113 cm³/mol. The zero-order chi connectivity index (χ0) is 19.1. The van der Waals surface area contributed by atoms with Crippen LogP contribution in [0.4, 0.5) is 11.4 Å². The average Bonchev–Trinajstić information content (AvgIpc) is 2.67. The van der Waals surface area contributed by atoms with Crippen molar-refractivity contribution in [3.05, 3.63) is 66.7 Å². The highest BCUT2D eigenvalue weighted by atomic mass is 32.2. The molecule has 3 aromatic carbocycles. The molecule has 0 aliphatic heterocycles. The maximum atomic E-state index is 12.2. The summed E-state index contributed by atoms with van der Waals surface area (Å²) in [7, 11) is 0. The lowest BCUT2D eigenvalue weighted by Gasteiger charge is -2.08. The lowest BCUT2D eigenvalue weighted by molar-refractivity contribution is -0.116. The summed E-state index contributed by atoms with van der Waals surface area (Å²) in [5.41, 5.74) is 1.58. The average molecular weight is 378 g/mol. The summed E-state index contributed by atoms with van der Waals surface area (Å²) >= 11 is 1.46. The third kappa shape index (κ3) is 5.59. The zero-order valence-corrected chi connectivity index (χ0v) is 16.0. The second kappa shape index (κ2) is 9.24. The van der Waals surface area contributed by atoms with Crippen molar-refractivity contribution in [1.82, 2.24) is 0 Å². The van der Waals surface area contributed by atoms with Crippen LogP contribution in [-0.2, 0) is 9.59 Å². The standard InChI is InChI=1S/C22H22N2O2S/c1-2-5-21(25)23-18-10-12-20(13-11-18)27-15-22(26)24-19-9-8-16-6-3-4-7-17(16)14-19/h3-4,6-14H,2,5,15H2,1H3,(H,23,25)(H,24,26). The molecule has 0 atom stereocenters. The molecule has 0 unspecified atom stereocenters. The Labute approximate surface area is 163 Å². The molecule has 0 bridgehead atoms. The Balaban J connectivity index is 1.51. The van der Waals surface area contributed by atoms with E-state index in [1.54, 1.807) is 0 Å². The van der Waals surface area contributed by atoms with Gasteiger partial charge in [-0.1, -0.05) is 37.3 Å². The number of carbonyl (C=O) groups is 2. The van der Waals surface area contributed by atoms with Crippen LogP contribution in [0.1, 0.15) is 19.8 Å². The van der Waals surface area contributed by atoms with Crippen LogP contribution in [0.25, 0.3) is 10.8 Å². The number of amides is 2. The van der Waals surface area contributed by atoms with Gasteiger partial charge in [0.25, 0.3) is 0 Å². The predicted octanol–water partition coefficient (Wildman–Crippen LogP) is 5.31. The van der Waals surface area contributed by atoms with Crippen molar-refractivity contribution in [3.8, 4) is 0 Å². The van der Waals surface area contributed by atoms with E-state index in [2.05, 4.69) is 10.6 Å². The smallest absolute Gasteiger partial charge is 0.234 e. The summed E-state index contributed by atoms with van der Waals surface area (Å²) in [6.07, 6.45) is 1.34. The number of benzene rings is 3. The van der Waals surface area contributed by atoms with Gasteiger partial charge in [0.2, 0.25) is 11.8 Å². The number of thioether (sulfide) groups is 1. The summed E-state index contributed by atoms with van der Waals surface area (Å²) in [5.74, 6) is 0.303. The van der Waals surface area contributed by atoms with E-state index < -0.39 is 0 Å². The van der Waals surface area contributed by atoms with Gasteiger partial charge in [0.15, 0.2) is 0 Å². The number of carbonyl (C=O) groups excluding carboxylic acids is 2. The number of hydrogen-bond donors (Lipinski definition) is 2. The molecule has 0 aromatic heterocycles. The minimum atomic E-state index is -0.0457. The third-order valence-corrected chi connectivity index (χ3v) is 5.03. The van der Waals surface area contributed by atoms with Crippen LogP contribution in [0.3, 0.4) is 0 Å². The molecule has 0 saturated carbocycles. The molecule has 138 valence electrons. The van der Waals surface area contributed by atoms with Crippen LogP contribution in [0.2, 0.25) is 0 Å². The van der Waals surface area contributed by atoms with E-state index in [0.29, 0.717) is 12.2 Å². The monoisotopic (exact) mass is 378 g/mol.